The third kappa shape index (κ3) is 2.91. The Bertz CT molecular complexity index is 365. The SMILES string of the molecule is c1ccc(CN2CCN3CCCNCC3C2)cc1. The number of fused-ring (bicyclic) bond motifs is 1. The molecular weight excluding hydrogens is 222 g/mol. The van der Waals surface area contributed by atoms with Crippen molar-refractivity contribution < 1.29 is 0 Å². The van der Waals surface area contributed by atoms with Gasteiger partial charge in [0.1, 0.15) is 0 Å². The second kappa shape index (κ2) is 5.83. The number of hydrogen-bond acceptors (Lipinski definition) is 3. The van der Waals surface area contributed by atoms with Gasteiger partial charge in [0, 0.05) is 38.8 Å². The molecule has 0 bridgehead atoms. The molecule has 3 heteroatoms. The standard InChI is InChI=1S/C15H23N3/c1-2-5-14(6-3-1)12-17-9-10-18-8-4-7-16-11-15(18)13-17/h1-3,5-6,15-16H,4,7-13H2. The Labute approximate surface area is 110 Å². The number of piperazine rings is 1. The number of benzene rings is 1. The lowest BCUT2D eigenvalue weighted by Gasteiger charge is -2.40. The van der Waals surface area contributed by atoms with E-state index in [4.69, 9.17) is 0 Å². The van der Waals surface area contributed by atoms with Crippen LogP contribution >= 0.6 is 0 Å². The summed E-state index contributed by atoms with van der Waals surface area (Å²) in [5, 5.41) is 3.56. The highest BCUT2D eigenvalue weighted by Crippen LogP contribution is 2.14. The summed E-state index contributed by atoms with van der Waals surface area (Å²) in [4.78, 5) is 5.27. The van der Waals surface area contributed by atoms with E-state index in [0.29, 0.717) is 6.04 Å². The Morgan fingerprint density at radius 3 is 2.89 bits per heavy atom. The van der Waals surface area contributed by atoms with Gasteiger partial charge in [0.15, 0.2) is 0 Å². The molecule has 3 nitrogen and oxygen atoms in total. The third-order valence-electron chi connectivity index (χ3n) is 4.12. The van der Waals surface area contributed by atoms with Gasteiger partial charge >= 0.3 is 0 Å². The molecule has 2 aliphatic heterocycles. The molecule has 1 aromatic carbocycles. The molecule has 2 fully saturated rings. The van der Waals surface area contributed by atoms with Crippen LogP contribution < -0.4 is 5.32 Å². The van der Waals surface area contributed by atoms with Gasteiger partial charge in [0.2, 0.25) is 0 Å². The zero-order chi connectivity index (χ0) is 12.2. The van der Waals surface area contributed by atoms with E-state index in [-0.39, 0.29) is 0 Å². The summed E-state index contributed by atoms with van der Waals surface area (Å²) in [5.74, 6) is 0. The lowest BCUT2D eigenvalue weighted by Crippen LogP contribution is -2.54. The number of nitrogens with zero attached hydrogens (tertiary/aromatic N) is 2. The predicted molar refractivity (Wildman–Crippen MR) is 74.6 cm³/mol. The van der Waals surface area contributed by atoms with Crippen molar-refractivity contribution in [2.75, 3.05) is 39.3 Å². The van der Waals surface area contributed by atoms with Gasteiger partial charge in [-0.1, -0.05) is 30.3 Å². The molecule has 0 aliphatic carbocycles. The first-order chi connectivity index (χ1) is 8.92. The summed E-state index contributed by atoms with van der Waals surface area (Å²) >= 11 is 0. The van der Waals surface area contributed by atoms with Crippen molar-refractivity contribution >= 4 is 0 Å². The molecule has 0 radical (unpaired) electrons. The van der Waals surface area contributed by atoms with Gasteiger partial charge in [0.25, 0.3) is 0 Å². The molecule has 3 rings (SSSR count). The van der Waals surface area contributed by atoms with Crippen molar-refractivity contribution in [3.05, 3.63) is 35.9 Å². The Morgan fingerprint density at radius 1 is 1.11 bits per heavy atom. The van der Waals surface area contributed by atoms with E-state index in [0.717, 1.165) is 13.1 Å². The topological polar surface area (TPSA) is 18.5 Å². The smallest absolute Gasteiger partial charge is 0.0348 e. The first-order valence-corrected chi connectivity index (χ1v) is 7.13. The van der Waals surface area contributed by atoms with Crippen molar-refractivity contribution in [2.24, 2.45) is 0 Å². The second-order valence-corrected chi connectivity index (χ2v) is 5.47. The summed E-state index contributed by atoms with van der Waals surface area (Å²) < 4.78 is 0. The van der Waals surface area contributed by atoms with Crippen LogP contribution in [0, 0.1) is 0 Å². The average Bonchev–Trinajstić information content (AvgIpc) is 2.64. The monoisotopic (exact) mass is 245 g/mol. The Balaban J connectivity index is 1.59. The summed E-state index contributed by atoms with van der Waals surface area (Å²) in [5.41, 5.74) is 1.44. The van der Waals surface area contributed by atoms with E-state index in [1.165, 1.54) is 44.7 Å². The summed E-state index contributed by atoms with van der Waals surface area (Å²) in [6.45, 7) is 8.38. The molecule has 0 saturated carbocycles. The first kappa shape index (κ1) is 12.2. The highest BCUT2D eigenvalue weighted by Gasteiger charge is 2.27. The van der Waals surface area contributed by atoms with E-state index in [1.807, 2.05) is 0 Å². The molecule has 1 N–H and O–H groups in total. The van der Waals surface area contributed by atoms with E-state index in [9.17, 15) is 0 Å². The highest BCUT2D eigenvalue weighted by molar-refractivity contribution is 5.14. The molecule has 98 valence electrons. The third-order valence-corrected chi connectivity index (χ3v) is 4.12. The maximum Gasteiger partial charge on any atom is 0.0348 e. The van der Waals surface area contributed by atoms with Crippen LogP contribution in [0.1, 0.15) is 12.0 Å². The lowest BCUT2D eigenvalue weighted by atomic mass is 10.1. The summed E-state index contributed by atoms with van der Waals surface area (Å²) in [6, 6.07) is 11.5. The fourth-order valence-electron chi connectivity index (χ4n) is 3.11. The van der Waals surface area contributed by atoms with Gasteiger partial charge < -0.3 is 5.32 Å². The molecule has 0 spiro atoms. The molecule has 2 aliphatic rings. The van der Waals surface area contributed by atoms with Crippen molar-refractivity contribution in [3.63, 3.8) is 0 Å². The van der Waals surface area contributed by atoms with Crippen LogP contribution in [-0.4, -0.2) is 55.1 Å². The van der Waals surface area contributed by atoms with Crippen LogP contribution in [0.25, 0.3) is 0 Å². The summed E-state index contributed by atoms with van der Waals surface area (Å²) in [7, 11) is 0. The van der Waals surface area contributed by atoms with E-state index in [1.54, 1.807) is 0 Å². The molecule has 18 heavy (non-hydrogen) atoms. The van der Waals surface area contributed by atoms with Crippen molar-refractivity contribution in [2.45, 2.75) is 19.0 Å². The quantitative estimate of drug-likeness (QED) is 0.844. The molecular formula is C15H23N3. The van der Waals surface area contributed by atoms with Gasteiger partial charge in [-0.25, -0.2) is 0 Å². The fourth-order valence-corrected chi connectivity index (χ4v) is 3.11. The van der Waals surface area contributed by atoms with Crippen LogP contribution in [-0.2, 0) is 6.54 Å². The van der Waals surface area contributed by atoms with Crippen molar-refractivity contribution in [1.29, 1.82) is 0 Å². The van der Waals surface area contributed by atoms with E-state index < -0.39 is 0 Å². The molecule has 2 saturated heterocycles. The van der Waals surface area contributed by atoms with E-state index in [2.05, 4.69) is 45.4 Å². The van der Waals surface area contributed by atoms with Crippen LogP contribution in [0.4, 0.5) is 0 Å². The molecule has 1 unspecified atom stereocenters. The minimum atomic E-state index is 0.713. The molecule has 1 aromatic rings. The number of nitrogens with one attached hydrogen (secondary N) is 1. The van der Waals surface area contributed by atoms with Gasteiger partial charge in [-0.05, 0) is 25.1 Å². The van der Waals surface area contributed by atoms with Gasteiger partial charge in [0.05, 0.1) is 0 Å². The zero-order valence-electron chi connectivity index (χ0n) is 11.0. The maximum absolute atomic E-state index is 3.56. The predicted octanol–water partition coefficient (Wildman–Crippen LogP) is 1.17. The second-order valence-electron chi connectivity index (χ2n) is 5.47. The molecule has 0 aromatic heterocycles. The van der Waals surface area contributed by atoms with Crippen LogP contribution in [0.2, 0.25) is 0 Å². The lowest BCUT2D eigenvalue weighted by molar-refractivity contribution is 0.0777. The largest absolute Gasteiger partial charge is 0.315 e. The van der Waals surface area contributed by atoms with Gasteiger partial charge in [-0.15, -0.1) is 0 Å². The van der Waals surface area contributed by atoms with Gasteiger partial charge in [-0.2, -0.15) is 0 Å². The molecule has 1 atom stereocenters. The van der Waals surface area contributed by atoms with Crippen LogP contribution in [0.3, 0.4) is 0 Å². The Kier molecular flexibility index (Phi) is 3.93. The zero-order valence-corrected chi connectivity index (χ0v) is 11.0. The Hall–Kier alpha value is -0.900. The highest BCUT2D eigenvalue weighted by atomic mass is 15.3. The molecule has 2 heterocycles. The Morgan fingerprint density at radius 2 is 2.00 bits per heavy atom. The van der Waals surface area contributed by atoms with Crippen molar-refractivity contribution in [3.8, 4) is 0 Å². The van der Waals surface area contributed by atoms with Gasteiger partial charge in [-0.3, -0.25) is 9.80 Å². The average molecular weight is 245 g/mol. The maximum atomic E-state index is 3.56. The minimum absolute atomic E-state index is 0.713. The summed E-state index contributed by atoms with van der Waals surface area (Å²) in [6.07, 6.45) is 1.30. The minimum Gasteiger partial charge on any atom is -0.315 e. The fraction of sp³-hybridized carbons (Fsp3) is 0.600. The number of hydrogen-bond donors (Lipinski definition) is 1. The normalized spacial score (nSPS) is 26.6. The first-order valence-electron chi connectivity index (χ1n) is 7.13. The van der Waals surface area contributed by atoms with E-state index >= 15 is 0 Å². The van der Waals surface area contributed by atoms with Crippen LogP contribution in [0.15, 0.2) is 30.3 Å². The number of rotatable bonds is 2. The van der Waals surface area contributed by atoms with Crippen LogP contribution in [0.5, 0.6) is 0 Å². The molecule has 0 amide bonds. The van der Waals surface area contributed by atoms with Crippen molar-refractivity contribution in [1.82, 2.24) is 15.1 Å².